The van der Waals surface area contributed by atoms with Crippen LogP contribution in [0.25, 0.3) is 22.4 Å². The molecular weight excluding hydrogens is 330 g/mol. The molecule has 25 heavy (non-hydrogen) atoms. The third kappa shape index (κ3) is 2.75. The lowest BCUT2D eigenvalue weighted by atomic mass is 10.1. The molecule has 0 amide bonds. The fraction of sp³-hybridized carbons (Fsp3) is 0.188. The summed E-state index contributed by atoms with van der Waals surface area (Å²) in [6.07, 6.45) is 0. The molecule has 0 radical (unpaired) electrons. The Hall–Kier alpha value is -3.49. The number of nitrogens with one attached hydrogen (secondary N) is 1. The van der Waals surface area contributed by atoms with E-state index in [1.165, 1.54) is 33.5 Å². The van der Waals surface area contributed by atoms with Crippen LogP contribution in [0.5, 0.6) is 23.0 Å². The van der Waals surface area contributed by atoms with E-state index >= 15 is 0 Å². The summed E-state index contributed by atoms with van der Waals surface area (Å²) >= 11 is 0. The Morgan fingerprint density at radius 2 is 1.68 bits per heavy atom. The molecule has 9 nitrogen and oxygen atoms in total. The standard InChI is InChI=1S/C16H15N3O6/c1-23-12-6-9-10(7-13(12)24-2)18-16(17-9)8-4-11(19(21)22)15(20)14(5-8)25-3/h4-7,20H,1-3H3,(H,17,18). The molecule has 0 saturated heterocycles. The number of H-pyrrole nitrogens is 1. The SMILES string of the molecule is COc1cc2nc(-c3cc(OC)c(O)c([N+](=O)[O-])c3)[nH]c2cc1OC. The summed E-state index contributed by atoms with van der Waals surface area (Å²) in [5.41, 5.74) is 1.20. The maximum absolute atomic E-state index is 11.1. The van der Waals surface area contributed by atoms with Gasteiger partial charge in [0.25, 0.3) is 0 Å². The summed E-state index contributed by atoms with van der Waals surface area (Å²) in [5, 5.41) is 21.0. The lowest BCUT2D eigenvalue weighted by Crippen LogP contribution is -1.94. The second kappa shape index (κ2) is 6.19. The molecule has 0 saturated carbocycles. The van der Waals surface area contributed by atoms with Crippen LogP contribution in [0.4, 0.5) is 5.69 Å². The van der Waals surface area contributed by atoms with Crippen molar-refractivity contribution >= 4 is 16.7 Å². The number of benzene rings is 2. The fourth-order valence-electron chi connectivity index (χ4n) is 2.50. The van der Waals surface area contributed by atoms with E-state index in [1.54, 1.807) is 12.1 Å². The van der Waals surface area contributed by atoms with Crippen LogP contribution in [0.3, 0.4) is 0 Å². The van der Waals surface area contributed by atoms with E-state index in [4.69, 9.17) is 14.2 Å². The molecule has 9 heteroatoms. The number of fused-ring (bicyclic) bond motifs is 1. The third-order valence-corrected chi connectivity index (χ3v) is 3.73. The van der Waals surface area contributed by atoms with E-state index in [2.05, 4.69) is 9.97 Å². The Bertz CT molecular complexity index is 925. The molecule has 0 unspecified atom stereocenters. The molecule has 130 valence electrons. The van der Waals surface area contributed by atoms with Crippen molar-refractivity contribution in [3.63, 3.8) is 0 Å². The van der Waals surface area contributed by atoms with E-state index in [1.807, 2.05) is 0 Å². The molecule has 3 aromatic rings. The highest BCUT2D eigenvalue weighted by molar-refractivity contribution is 5.84. The number of phenolic OH excluding ortho intramolecular Hbond substituents is 1. The second-order valence-electron chi connectivity index (χ2n) is 5.11. The first-order valence-corrected chi connectivity index (χ1v) is 7.16. The summed E-state index contributed by atoms with van der Waals surface area (Å²) in [6, 6.07) is 6.11. The number of phenols is 1. The molecular formula is C16H15N3O6. The summed E-state index contributed by atoms with van der Waals surface area (Å²) in [7, 11) is 4.36. The van der Waals surface area contributed by atoms with Crippen LogP contribution in [-0.4, -0.2) is 41.3 Å². The predicted molar refractivity (Wildman–Crippen MR) is 89.5 cm³/mol. The summed E-state index contributed by atoms with van der Waals surface area (Å²) in [4.78, 5) is 17.9. The number of nitro benzene ring substituents is 1. The first-order chi connectivity index (χ1) is 12.0. The minimum atomic E-state index is -0.684. The number of hydrogen-bond donors (Lipinski definition) is 2. The van der Waals surface area contributed by atoms with Crippen molar-refractivity contribution in [2.75, 3.05) is 21.3 Å². The van der Waals surface area contributed by atoms with E-state index in [9.17, 15) is 15.2 Å². The number of imidazole rings is 1. The Morgan fingerprint density at radius 1 is 1.04 bits per heavy atom. The highest BCUT2D eigenvalue weighted by atomic mass is 16.6. The van der Waals surface area contributed by atoms with Crippen molar-refractivity contribution in [1.82, 2.24) is 9.97 Å². The summed E-state index contributed by atoms with van der Waals surface area (Å²) in [5.74, 6) is 0.879. The number of aromatic amines is 1. The zero-order valence-corrected chi connectivity index (χ0v) is 13.7. The number of aromatic hydroxyl groups is 1. The molecule has 1 heterocycles. The number of nitrogens with zero attached hydrogens (tertiary/aromatic N) is 2. The number of ether oxygens (including phenoxy) is 3. The predicted octanol–water partition coefficient (Wildman–Crippen LogP) is 2.87. The molecule has 2 N–H and O–H groups in total. The number of hydrogen-bond acceptors (Lipinski definition) is 7. The minimum absolute atomic E-state index is 0.0141. The molecule has 0 aliphatic heterocycles. The highest BCUT2D eigenvalue weighted by Gasteiger charge is 2.22. The number of methoxy groups -OCH3 is 3. The van der Waals surface area contributed by atoms with E-state index in [-0.39, 0.29) is 5.75 Å². The van der Waals surface area contributed by atoms with Crippen molar-refractivity contribution in [3.05, 3.63) is 34.4 Å². The van der Waals surface area contributed by atoms with Gasteiger partial charge in [-0.25, -0.2) is 4.98 Å². The Morgan fingerprint density at radius 3 is 2.28 bits per heavy atom. The van der Waals surface area contributed by atoms with E-state index < -0.39 is 16.4 Å². The minimum Gasteiger partial charge on any atom is -0.500 e. The van der Waals surface area contributed by atoms with Gasteiger partial charge in [0.2, 0.25) is 5.75 Å². The first-order valence-electron chi connectivity index (χ1n) is 7.16. The van der Waals surface area contributed by atoms with Gasteiger partial charge in [0, 0.05) is 23.8 Å². The van der Waals surface area contributed by atoms with Gasteiger partial charge in [-0.3, -0.25) is 10.1 Å². The number of nitro groups is 1. The van der Waals surface area contributed by atoms with Crippen molar-refractivity contribution < 1.29 is 24.2 Å². The number of aromatic nitrogens is 2. The van der Waals surface area contributed by atoms with Gasteiger partial charge < -0.3 is 24.3 Å². The van der Waals surface area contributed by atoms with Gasteiger partial charge in [0.15, 0.2) is 17.2 Å². The second-order valence-corrected chi connectivity index (χ2v) is 5.11. The molecule has 0 atom stereocenters. The molecule has 0 aliphatic rings. The van der Waals surface area contributed by atoms with Gasteiger partial charge in [0.05, 0.1) is 37.3 Å². The molecule has 1 aromatic heterocycles. The number of rotatable bonds is 5. The van der Waals surface area contributed by atoms with Gasteiger partial charge in [-0.2, -0.15) is 0 Å². The molecule has 0 fully saturated rings. The van der Waals surface area contributed by atoms with Crippen LogP contribution >= 0.6 is 0 Å². The zero-order valence-electron chi connectivity index (χ0n) is 13.7. The Balaban J connectivity index is 2.19. The van der Waals surface area contributed by atoms with Crippen molar-refractivity contribution in [2.45, 2.75) is 0 Å². The van der Waals surface area contributed by atoms with Crippen molar-refractivity contribution in [2.24, 2.45) is 0 Å². The van der Waals surface area contributed by atoms with Crippen molar-refractivity contribution in [3.8, 4) is 34.4 Å². The maximum atomic E-state index is 11.1. The van der Waals surface area contributed by atoms with E-state index in [0.717, 1.165) is 0 Å². The van der Waals surface area contributed by atoms with Gasteiger partial charge in [0.1, 0.15) is 5.82 Å². The molecule has 0 bridgehead atoms. The van der Waals surface area contributed by atoms with Gasteiger partial charge in [-0.15, -0.1) is 0 Å². The average Bonchev–Trinajstić information content (AvgIpc) is 3.03. The van der Waals surface area contributed by atoms with Gasteiger partial charge in [-0.1, -0.05) is 0 Å². The molecule has 0 aliphatic carbocycles. The topological polar surface area (TPSA) is 120 Å². The average molecular weight is 345 g/mol. The van der Waals surface area contributed by atoms with E-state index in [0.29, 0.717) is 33.9 Å². The maximum Gasteiger partial charge on any atom is 0.315 e. The fourth-order valence-corrected chi connectivity index (χ4v) is 2.50. The zero-order chi connectivity index (χ0) is 18.1. The van der Waals surface area contributed by atoms with Crippen molar-refractivity contribution in [1.29, 1.82) is 0 Å². The Kier molecular flexibility index (Phi) is 4.05. The monoisotopic (exact) mass is 345 g/mol. The van der Waals surface area contributed by atoms with Crippen LogP contribution in [-0.2, 0) is 0 Å². The highest BCUT2D eigenvalue weighted by Crippen LogP contribution is 2.40. The van der Waals surface area contributed by atoms with Gasteiger partial charge >= 0.3 is 5.69 Å². The molecule has 2 aromatic carbocycles. The molecule has 3 rings (SSSR count). The molecule has 0 spiro atoms. The lowest BCUT2D eigenvalue weighted by molar-refractivity contribution is -0.385. The van der Waals surface area contributed by atoms with Crippen LogP contribution in [0.1, 0.15) is 0 Å². The third-order valence-electron chi connectivity index (χ3n) is 3.73. The van der Waals surface area contributed by atoms with Crippen LogP contribution in [0, 0.1) is 10.1 Å². The largest absolute Gasteiger partial charge is 0.500 e. The summed E-state index contributed by atoms with van der Waals surface area (Å²) < 4.78 is 15.5. The smallest absolute Gasteiger partial charge is 0.315 e. The quantitative estimate of drug-likeness (QED) is 0.539. The van der Waals surface area contributed by atoms with Crippen LogP contribution in [0.15, 0.2) is 24.3 Å². The summed E-state index contributed by atoms with van der Waals surface area (Å²) in [6.45, 7) is 0. The van der Waals surface area contributed by atoms with Gasteiger partial charge in [-0.05, 0) is 6.07 Å². The van der Waals surface area contributed by atoms with Crippen LogP contribution < -0.4 is 14.2 Å². The Labute approximate surface area is 141 Å². The first kappa shape index (κ1) is 16.4. The van der Waals surface area contributed by atoms with Crippen LogP contribution in [0.2, 0.25) is 0 Å². The lowest BCUT2D eigenvalue weighted by Gasteiger charge is -2.06. The normalized spacial score (nSPS) is 10.7.